The number of benzene rings is 2. The van der Waals surface area contributed by atoms with Crippen molar-refractivity contribution in [2.75, 3.05) is 27.2 Å². The van der Waals surface area contributed by atoms with Crippen LogP contribution >= 0.6 is 0 Å². The number of nitrogens with one attached hydrogen (secondary N) is 1. The van der Waals surface area contributed by atoms with Crippen LogP contribution in [0.1, 0.15) is 10.4 Å². The largest absolute Gasteiger partial charge is 0.491 e. The van der Waals surface area contributed by atoms with Gasteiger partial charge in [-0.1, -0.05) is 36.4 Å². The number of aliphatic hydroxyl groups is 1. The summed E-state index contributed by atoms with van der Waals surface area (Å²) in [5, 5.41) is 10.1. The maximum absolute atomic E-state index is 12.2. The Morgan fingerprint density at radius 2 is 1.65 bits per heavy atom. The number of amides is 1. The number of ether oxygens (including phenoxy) is 1. The van der Waals surface area contributed by atoms with Crippen molar-refractivity contribution in [3.05, 3.63) is 66.2 Å². The number of quaternary nitrogens is 1. The molecule has 0 bridgehead atoms. The summed E-state index contributed by atoms with van der Waals surface area (Å²) >= 11 is 0. The molecule has 1 amide bonds. The van der Waals surface area contributed by atoms with Crippen molar-refractivity contribution in [1.82, 2.24) is 5.43 Å². The third-order valence-electron chi connectivity index (χ3n) is 3.29. The van der Waals surface area contributed by atoms with E-state index in [1.54, 1.807) is 12.1 Å². The van der Waals surface area contributed by atoms with Crippen LogP contribution < -0.4 is 10.2 Å². The molecule has 2 aromatic carbocycles. The Hall–Kier alpha value is -2.37. The molecule has 5 nitrogen and oxygen atoms in total. The first-order valence-electron chi connectivity index (χ1n) is 7.53. The minimum Gasteiger partial charge on any atom is -0.491 e. The third kappa shape index (κ3) is 5.73. The van der Waals surface area contributed by atoms with E-state index < -0.39 is 6.10 Å². The SMILES string of the molecule is C[N+](C)(CC(O)COc1ccccc1)NC(=O)c1ccccc1. The predicted molar refractivity (Wildman–Crippen MR) is 88.8 cm³/mol. The lowest BCUT2D eigenvalue weighted by molar-refractivity contribution is -0.927. The maximum Gasteiger partial charge on any atom is 0.295 e. The quantitative estimate of drug-likeness (QED) is 0.605. The van der Waals surface area contributed by atoms with Crippen LogP contribution in [0.3, 0.4) is 0 Å². The van der Waals surface area contributed by atoms with Gasteiger partial charge in [-0.05, 0) is 24.3 Å². The molecule has 0 saturated carbocycles. The Morgan fingerprint density at radius 1 is 1.09 bits per heavy atom. The van der Waals surface area contributed by atoms with Crippen LogP contribution in [-0.4, -0.2) is 49.0 Å². The number of likely N-dealkylation sites (N-methyl/N-ethyl adjacent to an activating group) is 1. The number of nitrogens with zero attached hydrogens (tertiary/aromatic N) is 1. The smallest absolute Gasteiger partial charge is 0.295 e. The summed E-state index contributed by atoms with van der Waals surface area (Å²) in [5.41, 5.74) is 3.48. The molecule has 1 atom stereocenters. The van der Waals surface area contributed by atoms with Gasteiger partial charge in [0.2, 0.25) is 0 Å². The molecular weight excluding hydrogens is 292 g/mol. The molecule has 2 rings (SSSR count). The molecule has 0 saturated heterocycles. The second kappa shape index (κ2) is 7.76. The molecule has 23 heavy (non-hydrogen) atoms. The van der Waals surface area contributed by atoms with Gasteiger partial charge in [-0.2, -0.15) is 5.43 Å². The monoisotopic (exact) mass is 315 g/mol. The number of hydrogen-bond donors (Lipinski definition) is 2. The molecule has 0 aromatic heterocycles. The summed E-state index contributed by atoms with van der Waals surface area (Å²) < 4.78 is 5.69. The normalized spacial score (nSPS) is 12.5. The van der Waals surface area contributed by atoms with Crippen molar-refractivity contribution in [2.24, 2.45) is 0 Å². The molecule has 0 heterocycles. The van der Waals surface area contributed by atoms with Gasteiger partial charge in [0.15, 0.2) is 0 Å². The molecule has 0 aliphatic rings. The number of aliphatic hydroxyl groups excluding tert-OH is 1. The van der Waals surface area contributed by atoms with Gasteiger partial charge in [-0.3, -0.25) is 4.79 Å². The topological polar surface area (TPSA) is 58.6 Å². The molecule has 1 unspecified atom stereocenters. The molecule has 0 radical (unpaired) electrons. The van der Waals surface area contributed by atoms with E-state index in [1.165, 1.54) is 0 Å². The fourth-order valence-corrected chi connectivity index (χ4v) is 2.26. The van der Waals surface area contributed by atoms with Crippen LogP contribution in [0, 0.1) is 0 Å². The maximum atomic E-state index is 12.2. The Morgan fingerprint density at radius 3 is 2.26 bits per heavy atom. The Kier molecular flexibility index (Phi) is 5.73. The first kappa shape index (κ1) is 17.0. The summed E-state index contributed by atoms with van der Waals surface area (Å²) in [5.74, 6) is 0.539. The van der Waals surface area contributed by atoms with Crippen LogP contribution in [0.2, 0.25) is 0 Å². The Bertz CT molecular complexity index is 615. The first-order chi connectivity index (χ1) is 11.0. The van der Waals surface area contributed by atoms with Gasteiger partial charge in [-0.15, -0.1) is 0 Å². The predicted octanol–water partition coefficient (Wildman–Crippen LogP) is 1.85. The molecule has 0 aliphatic carbocycles. The van der Waals surface area contributed by atoms with E-state index in [1.807, 2.05) is 62.6 Å². The van der Waals surface area contributed by atoms with Gasteiger partial charge in [0.25, 0.3) is 5.91 Å². The highest BCUT2D eigenvalue weighted by Gasteiger charge is 2.24. The van der Waals surface area contributed by atoms with E-state index in [0.29, 0.717) is 17.9 Å². The van der Waals surface area contributed by atoms with Crippen LogP contribution in [0.5, 0.6) is 5.75 Å². The molecule has 2 aromatic rings. The van der Waals surface area contributed by atoms with Gasteiger partial charge in [0, 0.05) is 5.56 Å². The van der Waals surface area contributed by atoms with E-state index in [4.69, 9.17) is 4.74 Å². The Balaban J connectivity index is 1.83. The lowest BCUT2D eigenvalue weighted by Crippen LogP contribution is -2.58. The van der Waals surface area contributed by atoms with Crippen LogP contribution in [0.25, 0.3) is 0 Å². The van der Waals surface area contributed by atoms with Crippen LogP contribution in [-0.2, 0) is 0 Å². The standard InChI is InChI=1S/C18H22N2O3/c1-20(2,19-18(22)15-9-5-3-6-10-15)13-16(21)14-23-17-11-7-4-8-12-17/h3-12,16,21H,13-14H2,1-2H3/p+1. The zero-order valence-corrected chi connectivity index (χ0v) is 13.5. The van der Waals surface area contributed by atoms with Gasteiger partial charge < -0.3 is 9.84 Å². The molecular formula is C18H23N2O3+. The first-order valence-corrected chi connectivity index (χ1v) is 7.53. The highest BCUT2D eigenvalue weighted by Crippen LogP contribution is 2.09. The number of carbonyl (C=O) groups is 1. The lowest BCUT2D eigenvalue weighted by atomic mass is 10.2. The fraction of sp³-hybridized carbons (Fsp3) is 0.278. The van der Waals surface area contributed by atoms with Crippen molar-refractivity contribution in [3.8, 4) is 5.75 Å². The summed E-state index contributed by atoms with van der Waals surface area (Å²) in [4.78, 5) is 12.2. The number of para-hydroxylation sites is 1. The average molecular weight is 315 g/mol. The molecule has 0 spiro atoms. The summed E-state index contributed by atoms with van der Waals surface area (Å²) in [6, 6.07) is 18.3. The second-order valence-electron chi connectivity index (χ2n) is 5.95. The zero-order chi connectivity index (χ0) is 16.7. The van der Waals surface area contributed by atoms with Crippen molar-refractivity contribution in [2.45, 2.75) is 6.10 Å². The van der Waals surface area contributed by atoms with E-state index in [0.717, 1.165) is 0 Å². The summed E-state index contributed by atoms with van der Waals surface area (Å²) in [6.07, 6.45) is -0.693. The molecule has 5 heteroatoms. The fourth-order valence-electron chi connectivity index (χ4n) is 2.26. The van der Waals surface area contributed by atoms with Gasteiger partial charge >= 0.3 is 0 Å². The second-order valence-corrected chi connectivity index (χ2v) is 5.95. The summed E-state index contributed by atoms with van der Waals surface area (Å²) in [6.45, 7) is 0.512. The van der Waals surface area contributed by atoms with Crippen molar-refractivity contribution >= 4 is 5.91 Å². The van der Waals surface area contributed by atoms with Crippen LogP contribution in [0.15, 0.2) is 60.7 Å². The number of carbonyl (C=O) groups excluding carboxylic acids is 1. The van der Waals surface area contributed by atoms with Gasteiger partial charge in [-0.25, -0.2) is 4.59 Å². The van der Waals surface area contributed by atoms with Gasteiger partial charge in [0.05, 0.1) is 14.1 Å². The lowest BCUT2D eigenvalue weighted by Gasteiger charge is -2.30. The van der Waals surface area contributed by atoms with Crippen molar-refractivity contribution in [1.29, 1.82) is 0 Å². The number of rotatable bonds is 7. The van der Waals surface area contributed by atoms with E-state index in [2.05, 4.69) is 5.43 Å². The van der Waals surface area contributed by atoms with Gasteiger partial charge in [0.1, 0.15) is 25.0 Å². The Labute approximate surface area is 136 Å². The van der Waals surface area contributed by atoms with Crippen molar-refractivity contribution in [3.63, 3.8) is 0 Å². The number of hydrogen-bond acceptors (Lipinski definition) is 3. The highest BCUT2D eigenvalue weighted by molar-refractivity contribution is 5.93. The molecule has 0 fully saturated rings. The highest BCUT2D eigenvalue weighted by atomic mass is 16.5. The molecule has 0 aliphatic heterocycles. The minimum atomic E-state index is -0.693. The van der Waals surface area contributed by atoms with E-state index >= 15 is 0 Å². The molecule has 2 N–H and O–H groups in total. The molecule has 122 valence electrons. The van der Waals surface area contributed by atoms with E-state index in [9.17, 15) is 9.90 Å². The van der Waals surface area contributed by atoms with Crippen molar-refractivity contribution < 1.29 is 19.2 Å². The van der Waals surface area contributed by atoms with Crippen LogP contribution in [0.4, 0.5) is 0 Å². The zero-order valence-electron chi connectivity index (χ0n) is 13.5. The average Bonchev–Trinajstić information content (AvgIpc) is 2.54. The van der Waals surface area contributed by atoms with E-state index in [-0.39, 0.29) is 17.1 Å². The third-order valence-corrected chi connectivity index (χ3v) is 3.29. The summed E-state index contributed by atoms with van der Waals surface area (Å²) in [7, 11) is 3.65. The minimum absolute atomic E-state index is 0.160.